The highest BCUT2D eigenvalue weighted by molar-refractivity contribution is 9.11. The Morgan fingerprint density at radius 1 is 1.15 bits per heavy atom. The van der Waals surface area contributed by atoms with Gasteiger partial charge >= 0.3 is 0 Å². The maximum absolute atomic E-state index is 13.0. The molecule has 2 aromatic carbocycles. The third-order valence-electron chi connectivity index (χ3n) is 3.83. The second-order valence-electron chi connectivity index (χ2n) is 6.06. The molecule has 0 aliphatic heterocycles. The van der Waals surface area contributed by atoms with E-state index in [1.54, 1.807) is 18.2 Å². The Balaban J connectivity index is 2.24. The molecule has 0 spiro atoms. The predicted octanol–water partition coefficient (Wildman–Crippen LogP) is 6.16. The molecule has 0 bridgehead atoms. The van der Waals surface area contributed by atoms with E-state index in [2.05, 4.69) is 73.8 Å². The summed E-state index contributed by atoms with van der Waals surface area (Å²) in [5.41, 5.74) is 0.975. The van der Waals surface area contributed by atoms with E-state index in [1.807, 2.05) is 19.9 Å². The molecule has 1 heterocycles. The first-order chi connectivity index (χ1) is 12.7. The second-order valence-corrected chi connectivity index (χ2v) is 9.48. The zero-order chi connectivity index (χ0) is 19.9. The van der Waals surface area contributed by atoms with Crippen LogP contribution in [-0.4, -0.2) is 21.0 Å². The van der Waals surface area contributed by atoms with Crippen molar-refractivity contribution >= 4 is 80.8 Å². The van der Waals surface area contributed by atoms with E-state index in [4.69, 9.17) is 0 Å². The highest BCUT2D eigenvalue weighted by Crippen LogP contribution is 2.38. The van der Waals surface area contributed by atoms with E-state index in [9.17, 15) is 9.90 Å². The van der Waals surface area contributed by atoms with Crippen LogP contribution in [0.15, 0.2) is 52.1 Å². The van der Waals surface area contributed by atoms with Crippen molar-refractivity contribution < 1.29 is 5.11 Å². The number of hydrogen-bond acceptors (Lipinski definition) is 4. The summed E-state index contributed by atoms with van der Waals surface area (Å²) in [6, 6.07) is 7.10. The number of rotatable bonds is 3. The second kappa shape index (κ2) is 8.14. The number of aromatic nitrogens is 2. The average Bonchev–Trinajstić information content (AvgIpc) is 2.61. The number of fused-ring (bicyclic) bond motifs is 1. The van der Waals surface area contributed by atoms with Gasteiger partial charge in [-0.1, -0.05) is 45.7 Å². The number of benzene rings is 2. The fraction of sp³-hybridized carbons (Fsp3) is 0.167. The summed E-state index contributed by atoms with van der Waals surface area (Å²) in [7, 11) is 0. The zero-order valence-electron chi connectivity index (χ0n) is 14.2. The molecule has 140 valence electrons. The Hall–Kier alpha value is -1.03. The molecule has 0 fully saturated rings. The highest BCUT2D eigenvalue weighted by atomic mass is 79.9. The Bertz CT molecular complexity index is 1140. The van der Waals surface area contributed by atoms with Crippen LogP contribution in [0.3, 0.4) is 0 Å². The SMILES string of the molecule is CC(C)c1nc2ccc(Br)cc2c(=O)n1N=Cc1c(Br)cc(Br)c(O)c1Br. The van der Waals surface area contributed by atoms with Gasteiger partial charge in [0.15, 0.2) is 0 Å². The lowest BCUT2D eigenvalue weighted by Crippen LogP contribution is -2.23. The van der Waals surface area contributed by atoms with Gasteiger partial charge in [-0.15, -0.1) is 0 Å². The van der Waals surface area contributed by atoms with Gasteiger partial charge < -0.3 is 5.11 Å². The standard InChI is InChI=1S/C18H13Br4N3O2/c1-8(2)17-24-14-4-3-9(19)5-10(14)18(27)25(17)23-7-11-12(20)6-13(21)16(26)15(11)22/h3-8,26H,1-2H3. The van der Waals surface area contributed by atoms with Gasteiger partial charge in [0.2, 0.25) is 0 Å². The maximum atomic E-state index is 13.0. The van der Waals surface area contributed by atoms with Crippen LogP contribution in [0.1, 0.15) is 31.2 Å². The lowest BCUT2D eigenvalue weighted by molar-refractivity contribution is 0.468. The molecule has 5 nitrogen and oxygen atoms in total. The molecule has 0 atom stereocenters. The van der Waals surface area contributed by atoms with E-state index in [1.165, 1.54) is 10.9 Å². The lowest BCUT2D eigenvalue weighted by atomic mass is 10.2. The van der Waals surface area contributed by atoms with Crippen molar-refractivity contribution in [3.8, 4) is 5.75 Å². The van der Waals surface area contributed by atoms with Crippen LogP contribution in [0.2, 0.25) is 0 Å². The molecule has 0 amide bonds. The third-order valence-corrected chi connectivity index (χ3v) is 6.39. The van der Waals surface area contributed by atoms with E-state index in [0.717, 1.165) is 4.47 Å². The summed E-state index contributed by atoms with van der Waals surface area (Å²) in [6.07, 6.45) is 1.51. The number of hydrogen-bond donors (Lipinski definition) is 1. The fourth-order valence-corrected chi connectivity index (χ4v) is 5.17. The zero-order valence-corrected chi connectivity index (χ0v) is 20.5. The Kier molecular flexibility index (Phi) is 6.24. The largest absolute Gasteiger partial charge is 0.506 e. The molecule has 0 saturated carbocycles. The van der Waals surface area contributed by atoms with Crippen LogP contribution >= 0.6 is 63.7 Å². The van der Waals surface area contributed by atoms with Crippen LogP contribution in [0.25, 0.3) is 10.9 Å². The van der Waals surface area contributed by atoms with E-state index < -0.39 is 0 Å². The van der Waals surface area contributed by atoms with Gasteiger partial charge in [-0.05, 0) is 56.1 Å². The molecule has 0 unspecified atom stereocenters. The molecule has 27 heavy (non-hydrogen) atoms. The van der Waals surface area contributed by atoms with Crippen molar-refractivity contribution in [1.29, 1.82) is 0 Å². The van der Waals surface area contributed by atoms with Crippen LogP contribution in [0, 0.1) is 0 Å². The Morgan fingerprint density at radius 3 is 2.52 bits per heavy atom. The van der Waals surface area contributed by atoms with E-state index >= 15 is 0 Å². The molecule has 0 aliphatic carbocycles. The van der Waals surface area contributed by atoms with Gasteiger partial charge in [-0.3, -0.25) is 4.79 Å². The summed E-state index contributed by atoms with van der Waals surface area (Å²) < 4.78 is 3.81. The van der Waals surface area contributed by atoms with Gasteiger partial charge in [0, 0.05) is 20.4 Å². The molecular formula is C18H13Br4N3O2. The minimum atomic E-state index is -0.255. The van der Waals surface area contributed by atoms with Gasteiger partial charge in [0.05, 0.1) is 26.1 Å². The normalized spacial score (nSPS) is 11.8. The van der Waals surface area contributed by atoms with Crippen molar-refractivity contribution in [2.45, 2.75) is 19.8 Å². The monoisotopic (exact) mass is 619 g/mol. The first-order valence-electron chi connectivity index (χ1n) is 7.83. The lowest BCUT2D eigenvalue weighted by Gasteiger charge is -2.12. The topological polar surface area (TPSA) is 67.5 Å². The number of nitrogens with zero attached hydrogens (tertiary/aromatic N) is 3. The molecule has 3 rings (SSSR count). The van der Waals surface area contributed by atoms with Crippen molar-refractivity contribution in [1.82, 2.24) is 9.66 Å². The number of aromatic hydroxyl groups is 1. The smallest absolute Gasteiger partial charge is 0.282 e. The first-order valence-corrected chi connectivity index (χ1v) is 11.0. The quantitative estimate of drug-likeness (QED) is 0.356. The molecular weight excluding hydrogens is 610 g/mol. The molecule has 3 aromatic rings. The van der Waals surface area contributed by atoms with Crippen molar-refractivity contribution in [2.24, 2.45) is 5.10 Å². The summed E-state index contributed by atoms with van der Waals surface area (Å²) in [6.45, 7) is 3.91. The Morgan fingerprint density at radius 2 is 1.85 bits per heavy atom. The molecule has 9 heteroatoms. The fourth-order valence-electron chi connectivity index (χ4n) is 2.48. The number of phenolic OH excluding ortho intramolecular Hbond substituents is 1. The summed E-state index contributed by atoms with van der Waals surface area (Å²) in [5.74, 6) is 0.601. The average molecular weight is 623 g/mol. The molecule has 0 radical (unpaired) electrons. The molecule has 0 aliphatic rings. The van der Waals surface area contributed by atoms with Crippen molar-refractivity contribution in [3.05, 3.63) is 63.9 Å². The van der Waals surface area contributed by atoms with Crippen molar-refractivity contribution in [2.75, 3.05) is 0 Å². The summed E-state index contributed by atoms with van der Waals surface area (Å²) in [4.78, 5) is 17.6. The molecule has 0 saturated heterocycles. The van der Waals surface area contributed by atoms with Gasteiger partial charge in [-0.25, -0.2) is 4.98 Å². The minimum Gasteiger partial charge on any atom is -0.506 e. The predicted molar refractivity (Wildman–Crippen MR) is 122 cm³/mol. The van der Waals surface area contributed by atoms with Gasteiger partial charge in [0.1, 0.15) is 11.6 Å². The number of phenols is 1. The highest BCUT2D eigenvalue weighted by Gasteiger charge is 2.15. The summed E-state index contributed by atoms with van der Waals surface area (Å²) >= 11 is 13.5. The summed E-state index contributed by atoms with van der Waals surface area (Å²) in [5, 5.41) is 15.0. The van der Waals surface area contributed by atoms with E-state index in [0.29, 0.717) is 35.7 Å². The van der Waals surface area contributed by atoms with Crippen molar-refractivity contribution in [3.63, 3.8) is 0 Å². The maximum Gasteiger partial charge on any atom is 0.282 e. The first kappa shape index (κ1) is 20.7. The third kappa shape index (κ3) is 4.06. The van der Waals surface area contributed by atoms with Crippen LogP contribution in [-0.2, 0) is 0 Å². The Labute approximate surface area is 189 Å². The molecule has 1 N–H and O–H groups in total. The minimum absolute atomic E-state index is 0.00639. The van der Waals surface area contributed by atoms with Crippen LogP contribution in [0.4, 0.5) is 0 Å². The van der Waals surface area contributed by atoms with Gasteiger partial charge in [0.25, 0.3) is 5.56 Å². The van der Waals surface area contributed by atoms with Crippen LogP contribution in [0.5, 0.6) is 5.75 Å². The van der Waals surface area contributed by atoms with E-state index in [-0.39, 0.29) is 17.2 Å². The van der Waals surface area contributed by atoms with Gasteiger partial charge in [-0.2, -0.15) is 9.78 Å². The number of halogens is 4. The molecule has 1 aromatic heterocycles. The van der Waals surface area contributed by atoms with Crippen LogP contribution < -0.4 is 5.56 Å².